The van der Waals surface area contributed by atoms with Gasteiger partial charge in [-0.3, -0.25) is 0 Å². The zero-order chi connectivity index (χ0) is 13.8. The van der Waals surface area contributed by atoms with Crippen LogP contribution in [0.2, 0.25) is 0 Å². The van der Waals surface area contributed by atoms with Crippen molar-refractivity contribution in [1.29, 1.82) is 0 Å². The van der Waals surface area contributed by atoms with Gasteiger partial charge < -0.3 is 10.1 Å². The molecule has 0 aliphatic carbocycles. The van der Waals surface area contributed by atoms with Crippen molar-refractivity contribution in [2.45, 2.75) is 6.54 Å². The molecule has 0 aliphatic rings. The highest BCUT2D eigenvalue weighted by Gasteiger charge is 2.04. The highest BCUT2D eigenvalue weighted by Crippen LogP contribution is 2.14. The first-order valence-corrected chi connectivity index (χ1v) is 6.79. The van der Waals surface area contributed by atoms with Gasteiger partial charge in [0.2, 0.25) is 11.8 Å². The fourth-order valence-electron chi connectivity index (χ4n) is 1.60. The molecule has 3 rings (SSSR count). The summed E-state index contributed by atoms with van der Waals surface area (Å²) in [7, 11) is 1.57. The maximum Gasteiger partial charge on any atom is 0.226 e. The standard InChI is InChI=1S/C12H12N6OS/c1-19-10-4-5-13-12(15-10)14-7-9-8-18(17-16-9)11-3-2-6-20-11/h2-6,8H,7H2,1H3,(H,13,14,15). The number of ether oxygens (including phenoxy) is 1. The average molecular weight is 288 g/mol. The quantitative estimate of drug-likeness (QED) is 0.770. The number of rotatable bonds is 5. The van der Waals surface area contributed by atoms with Gasteiger partial charge in [-0.15, -0.1) is 16.4 Å². The van der Waals surface area contributed by atoms with Gasteiger partial charge in [0.05, 0.1) is 19.9 Å². The van der Waals surface area contributed by atoms with Gasteiger partial charge in [0, 0.05) is 12.3 Å². The van der Waals surface area contributed by atoms with E-state index in [0.29, 0.717) is 18.4 Å². The molecule has 0 saturated carbocycles. The van der Waals surface area contributed by atoms with Crippen LogP contribution in [0.1, 0.15) is 5.69 Å². The van der Waals surface area contributed by atoms with Crippen LogP contribution in [0, 0.1) is 0 Å². The molecule has 8 heteroatoms. The van der Waals surface area contributed by atoms with Crippen molar-refractivity contribution in [1.82, 2.24) is 25.0 Å². The predicted molar refractivity (Wildman–Crippen MR) is 75.1 cm³/mol. The fourth-order valence-corrected chi connectivity index (χ4v) is 2.25. The maximum atomic E-state index is 5.04. The smallest absolute Gasteiger partial charge is 0.226 e. The highest BCUT2D eigenvalue weighted by atomic mass is 32.1. The summed E-state index contributed by atoms with van der Waals surface area (Å²) >= 11 is 1.61. The third kappa shape index (κ3) is 2.75. The van der Waals surface area contributed by atoms with Crippen LogP contribution in [0.4, 0.5) is 5.95 Å². The summed E-state index contributed by atoms with van der Waals surface area (Å²) in [5.74, 6) is 1.01. The molecule has 1 N–H and O–H groups in total. The molecule has 0 aromatic carbocycles. The summed E-state index contributed by atoms with van der Waals surface area (Å²) in [6.07, 6.45) is 3.51. The minimum absolute atomic E-state index is 0.495. The van der Waals surface area contributed by atoms with E-state index >= 15 is 0 Å². The van der Waals surface area contributed by atoms with Gasteiger partial charge in [0.1, 0.15) is 10.7 Å². The van der Waals surface area contributed by atoms with Crippen LogP contribution < -0.4 is 10.1 Å². The first kappa shape index (κ1) is 12.5. The van der Waals surface area contributed by atoms with Gasteiger partial charge >= 0.3 is 0 Å². The molecule has 0 radical (unpaired) electrons. The molecule has 3 aromatic rings. The van der Waals surface area contributed by atoms with E-state index in [1.165, 1.54) is 0 Å². The van der Waals surface area contributed by atoms with E-state index in [9.17, 15) is 0 Å². The fraction of sp³-hybridized carbons (Fsp3) is 0.167. The van der Waals surface area contributed by atoms with Crippen LogP contribution in [0.25, 0.3) is 5.00 Å². The molecule has 0 amide bonds. The Kier molecular flexibility index (Phi) is 3.55. The van der Waals surface area contributed by atoms with Gasteiger partial charge in [-0.1, -0.05) is 5.21 Å². The van der Waals surface area contributed by atoms with Crippen LogP contribution >= 0.6 is 11.3 Å². The van der Waals surface area contributed by atoms with Crippen molar-refractivity contribution < 1.29 is 4.74 Å². The van der Waals surface area contributed by atoms with Crippen molar-refractivity contribution in [3.63, 3.8) is 0 Å². The lowest BCUT2D eigenvalue weighted by atomic mass is 10.5. The number of nitrogens with one attached hydrogen (secondary N) is 1. The second-order valence-electron chi connectivity index (χ2n) is 3.88. The molecular formula is C12H12N6OS. The summed E-state index contributed by atoms with van der Waals surface area (Å²) in [6, 6.07) is 5.66. The lowest BCUT2D eigenvalue weighted by Gasteiger charge is -2.03. The van der Waals surface area contributed by atoms with Gasteiger partial charge in [0.15, 0.2) is 0 Å². The van der Waals surface area contributed by atoms with E-state index in [0.717, 1.165) is 10.7 Å². The van der Waals surface area contributed by atoms with Crippen LogP contribution in [0.3, 0.4) is 0 Å². The summed E-state index contributed by atoms with van der Waals surface area (Å²) in [5.41, 5.74) is 0.810. The Hall–Kier alpha value is -2.48. The molecule has 3 heterocycles. The monoisotopic (exact) mass is 288 g/mol. The number of thiophene rings is 1. The lowest BCUT2D eigenvalue weighted by molar-refractivity contribution is 0.397. The number of nitrogens with zero attached hydrogens (tertiary/aromatic N) is 5. The van der Waals surface area contributed by atoms with Gasteiger partial charge in [-0.2, -0.15) is 4.98 Å². The minimum atomic E-state index is 0.495. The average Bonchev–Trinajstić information content (AvgIpc) is 3.16. The molecule has 0 saturated heterocycles. The zero-order valence-corrected chi connectivity index (χ0v) is 11.5. The largest absolute Gasteiger partial charge is 0.481 e. The Labute approximate surface area is 119 Å². The third-order valence-corrected chi connectivity index (χ3v) is 3.40. The van der Waals surface area contributed by atoms with Crippen LogP contribution in [0.15, 0.2) is 36.0 Å². The molecule has 7 nitrogen and oxygen atoms in total. The minimum Gasteiger partial charge on any atom is -0.481 e. The van der Waals surface area contributed by atoms with Crippen molar-refractivity contribution >= 4 is 17.3 Å². The van der Waals surface area contributed by atoms with Gasteiger partial charge in [0.25, 0.3) is 0 Å². The van der Waals surface area contributed by atoms with E-state index in [4.69, 9.17) is 4.74 Å². The Morgan fingerprint density at radius 3 is 3.15 bits per heavy atom. The van der Waals surface area contributed by atoms with Crippen molar-refractivity contribution in [3.05, 3.63) is 41.7 Å². The Bertz CT molecular complexity index is 681. The normalized spacial score (nSPS) is 10.4. The van der Waals surface area contributed by atoms with Crippen LogP contribution in [-0.4, -0.2) is 32.1 Å². The van der Waals surface area contributed by atoms with Crippen molar-refractivity contribution in [2.24, 2.45) is 0 Å². The van der Waals surface area contributed by atoms with Gasteiger partial charge in [-0.25, -0.2) is 9.67 Å². The second kappa shape index (κ2) is 5.66. The van der Waals surface area contributed by atoms with E-state index in [2.05, 4.69) is 25.6 Å². The van der Waals surface area contributed by atoms with Crippen LogP contribution in [-0.2, 0) is 6.54 Å². The Morgan fingerprint density at radius 2 is 2.35 bits per heavy atom. The molecule has 0 unspecified atom stereocenters. The number of hydrogen-bond acceptors (Lipinski definition) is 7. The van der Waals surface area contributed by atoms with E-state index in [1.807, 2.05) is 23.7 Å². The number of aromatic nitrogens is 5. The maximum absolute atomic E-state index is 5.04. The molecule has 102 valence electrons. The summed E-state index contributed by atoms with van der Waals surface area (Å²) in [4.78, 5) is 8.27. The van der Waals surface area contributed by atoms with Gasteiger partial charge in [-0.05, 0) is 17.5 Å². The first-order valence-electron chi connectivity index (χ1n) is 5.91. The molecule has 0 bridgehead atoms. The summed E-state index contributed by atoms with van der Waals surface area (Å²) in [5, 5.41) is 14.3. The topological polar surface area (TPSA) is 77.8 Å². The number of anilines is 1. The van der Waals surface area contributed by atoms with Crippen LogP contribution in [0.5, 0.6) is 5.88 Å². The molecule has 0 aliphatic heterocycles. The Morgan fingerprint density at radius 1 is 1.40 bits per heavy atom. The molecule has 0 spiro atoms. The SMILES string of the molecule is COc1ccnc(NCc2cn(-c3cccs3)nn2)n1. The van der Waals surface area contributed by atoms with E-state index in [1.54, 1.807) is 35.4 Å². The number of hydrogen-bond donors (Lipinski definition) is 1. The second-order valence-corrected chi connectivity index (χ2v) is 4.81. The zero-order valence-electron chi connectivity index (χ0n) is 10.7. The van der Waals surface area contributed by atoms with Crippen molar-refractivity contribution in [3.8, 4) is 10.9 Å². The predicted octanol–water partition coefficient (Wildman–Crippen LogP) is 1.74. The van der Waals surface area contributed by atoms with E-state index in [-0.39, 0.29) is 0 Å². The van der Waals surface area contributed by atoms with E-state index < -0.39 is 0 Å². The molecule has 3 aromatic heterocycles. The summed E-state index contributed by atoms with van der Waals surface area (Å²) < 4.78 is 6.78. The Balaban J connectivity index is 1.66. The third-order valence-electron chi connectivity index (χ3n) is 2.54. The highest BCUT2D eigenvalue weighted by molar-refractivity contribution is 7.12. The first-order chi connectivity index (χ1) is 9.85. The summed E-state index contributed by atoms with van der Waals surface area (Å²) in [6.45, 7) is 0.499. The molecule has 20 heavy (non-hydrogen) atoms. The molecular weight excluding hydrogens is 276 g/mol. The lowest BCUT2D eigenvalue weighted by Crippen LogP contribution is -2.04. The van der Waals surface area contributed by atoms with Crippen molar-refractivity contribution in [2.75, 3.05) is 12.4 Å². The number of methoxy groups -OCH3 is 1. The molecule has 0 atom stereocenters. The molecule has 0 fully saturated rings.